The van der Waals surface area contributed by atoms with Gasteiger partial charge in [0.2, 0.25) is 11.8 Å². The third-order valence-corrected chi connectivity index (χ3v) is 5.73. The van der Waals surface area contributed by atoms with E-state index in [-0.39, 0.29) is 36.6 Å². The number of carbonyl (C=O) groups is 3. The molecule has 1 aliphatic heterocycles. The van der Waals surface area contributed by atoms with E-state index < -0.39 is 6.04 Å². The molecule has 0 aromatic heterocycles. The zero-order valence-electron chi connectivity index (χ0n) is 18.0. The molecule has 0 aliphatic carbocycles. The molecule has 4 rings (SSSR count). The molecular formula is C25H24FN3O3. The van der Waals surface area contributed by atoms with Gasteiger partial charge < -0.3 is 10.2 Å². The van der Waals surface area contributed by atoms with Crippen LogP contribution in [0, 0.1) is 5.82 Å². The average Bonchev–Trinajstić information content (AvgIpc) is 3.06. The minimum absolute atomic E-state index is 0.122. The smallest absolute Gasteiger partial charge is 0.259 e. The fourth-order valence-corrected chi connectivity index (χ4v) is 4.05. The van der Waals surface area contributed by atoms with Gasteiger partial charge >= 0.3 is 0 Å². The number of carbonyl (C=O) groups excluding carboxylic acids is 3. The van der Waals surface area contributed by atoms with Gasteiger partial charge in [0.1, 0.15) is 18.4 Å². The molecule has 3 amide bonds. The van der Waals surface area contributed by atoms with E-state index in [4.69, 9.17) is 0 Å². The first-order valence-electron chi connectivity index (χ1n) is 10.6. The van der Waals surface area contributed by atoms with Crippen molar-refractivity contribution >= 4 is 34.2 Å². The van der Waals surface area contributed by atoms with Crippen LogP contribution in [0.3, 0.4) is 0 Å². The molecule has 0 saturated heterocycles. The minimum Gasteiger partial charge on any atom is -0.355 e. The highest BCUT2D eigenvalue weighted by Crippen LogP contribution is 2.37. The van der Waals surface area contributed by atoms with Gasteiger partial charge in [-0.25, -0.2) is 4.39 Å². The first kappa shape index (κ1) is 21.5. The Bertz CT molecular complexity index is 1190. The second-order valence-electron chi connectivity index (χ2n) is 7.79. The van der Waals surface area contributed by atoms with Gasteiger partial charge in [-0.1, -0.05) is 36.4 Å². The second kappa shape index (κ2) is 8.78. The molecule has 3 aromatic carbocycles. The quantitative estimate of drug-likeness (QED) is 0.620. The Balaban J connectivity index is 1.62. The molecule has 1 heterocycles. The molecule has 3 aromatic rings. The SMILES string of the molecule is CCNC(=O)[C@H](C)N(Cc1ccc(F)cc1)C(=O)CN1C(=O)c2cccc3cccc1c23. The number of nitrogens with zero attached hydrogens (tertiary/aromatic N) is 2. The van der Waals surface area contributed by atoms with Gasteiger partial charge in [-0.3, -0.25) is 19.3 Å². The zero-order chi connectivity index (χ0) is 22.8. The molecule has 0 radical (unpaired) electrons. The zero-order valence-corrected chi connectivity index (χ0v) is 18.0. The summed E-state index contributed by atoms with van der Waals surface area (Å²) in [5.74, 6) is -1.28. The van der Waals surface area contributed by atoms with Crippen LogP contribution >= 0.6 is 0 Å². The maximum atomic E-state index is 13.4. The van der Waals surface area contributed by atoms with Crippen LogP contribution in [0.15, 0.2) is 60.7 Å². The summed E-state index contributed by atoms with van der Waals surface area (Å²) in [4.78, 5) is 41.9. The highest BCUT2D eigenvalue weighted by atomic mass is 19.1. The van der Waals surface area contributed by atoms with E-state index in [0.717, 1.165) is 10.8 Å². The van der Waals surface area contributed by atoms with Crippen molar-refractivity contribution in [3.8, 4) is 0 Å². The van der Waals surface area contributed by atoms with Crippen LogP contribution in [0.4, 0.5) is 10.1 Å². The van der Waals surface area contributed by atoms with E-state index in [9.17, 15) is 18.8 Å². The fourth-order valence-electron chi connectivity index (χ4n) is 4.05. The summed E-state index contributed by atoms with van der Waals surface area (Å²) >= 11 is 0. The molecule has 0 bridgehead atoms. The number of amides is 3. The van der Waals surface area contributed by atoms with Crippen molar-refractivity contribution in [2.45, 2.75) is 26.4 Å². The Morgan fingerprint density at radius 2 is 1.75 bits per heavy atom. The van der Waals surface area contributed by atoms with Crippen molar-refractivity contribution in [1.82, 2.24) is 10.2 Å². The number of rotatable bonds is 7. The Morgan fingerprint density at radius 3 is 2.44 bits per heavy atom. The summed E-state index contributed by atoms with van der Waals surface area (Å²) in [5, 5.41) is 4.50. The van der Waals surface area contributed by atoms with Crippen LogP contribution in [0.1, 0.15) is 29.8 Å². The van der Waals surface area contributed by atoms with Crippen molar-refractivity contribution < 1.29 is 18.8 Å². The third kappa shape index (κ3) is 3.93. The van der Waals surface area contributed by atoms with Crippen LogP contribution < -0.4 is 10.2 Å². The lowest BCUT2D eigenvalue weighted by atomic mass is 10.1. The predicted octanol–water partition coefficient (Wildman–Crippen LogP) is 3.49. The van der Waals surface area contributed by atoms with Gasteiger partial charge in [0.15, 0.2) is 0 Å². The molecule has 1 atom stereocenters. The predicted molar refractivity (Wildman–Crippen MR) is 121 cm³/mol. The third-order valence-electron chi connectivity index (χ3n) is 5.73. The van der Waals surface area contributed by atoms with E-state index >= 15 is 0 Å². The van der Waals surface area contributed by atoms with E-state index in [2.05, 4.69) is 5.32 Å². The topological polar surface area (TPSA) is 69.7 Å². The molecule has 0 spiro atoms. The summed E-state index contributed by atoms with van der Waals surface area (Å²) in [6, 6.07) is 16.1. The van der Waals surface area contributed by atoms with Gasteiger partial charge in [0.25, 0.3) is 5.91 Å². The Labute approximate surface area is 185 Å². The summed E-state index contributed by atoms with van der Waals surface area (Å²) in [6.45, 7) is 3.81. The first-order valence-corrected chi connectivity index (χ1v) is 10.6. The van der Waals surface area contributed by atoms with E-state index in [1.165, 1.54) is 21.9 Å². The number of hydrogen-bond acceptors (Lipinski definition) is 3. The van der Waals surface area contributed by atoms with Gasteiger partial charge in [-0.2, -0.15) is 0 Å². The molecule has 1 N–H and O–H groups in total. The van der Waals surface area contributed by atoms with Crippen LogP contribution in [-0.2, 0) is 16.1 Å². The maximum Gasteiger partial charge on any atom is 0.259 e. The lowest BCUT2D eigenvalue weighted by molar-refractivity contribution is -0.139. The highest BCUT2D eigenvalue weighted by molar-refractivity contribution is 6.26. The number of hydrogen-bond donors (Lipinski definition) is 1. The molecule has 6 nitrogen and oxygen atoms in total. The number of nitrogens with one attached hydrogen (secondary N) is 1. The first-order chi connectivity index (χ1) is 15.4. The van der Waals surface area contributed by atoms with Crippen molar-refractivity contribution in [3.05, 3.63) is 77.6 Å². The van der Waals surface area contributed by atoms with Crippen LogP contribution in [0.2, 0.25) is 0 Å². The maximum absolute atomic E-state index is 13.4. The van der Waals surface area contributed by atoms with Crippen LogP contribution in [0.5, 0.6) is 0 Å². The number of benzene rings is 3. The van der Waals surface area contributed by atoms with E-state index in [1.807, 2.05) is 30.3 Å². The van der Waals surface area contributed by atoms with Gasteiger partial charge in [0.05, 0.1) is 5.69 Å². The largest absolute Gasteiger partial charge is 0.355 e. The molecule has 0 unspecified atom stereocenters. The standard InChI is InChI=1S/C25H24FN3O3/c1-3-27-24(31)16(2)28(14-17-10-12-19(26)13-11-17)22(30)15-29-21-9-5-7-18-6-4-8-20(23(18)21)25(29)32/h4-13,16H,3,14-15H2,1-2H3,(H,27,31)/t16-/m0/s1. The average molecular weight is 433 g/mol. The summed E-state index contributed by atoms with van der Waals surface area (Å²) < 4.78 is 13.3. The Morgan fingerprint density at radius 1 is 1.06 bits per heavy atom. The molecule has 32 heavy (non-hydrogen) atoms. The lowest BCUT2D eigenvalue weighted by Crippen LogP contribution is -2.50. The van der Waals surface area contributed by atoms with Crippen molar-refractivity contribution in [2.75, 3.05) is 18.0 Å². The van der Waals surface area contributed by atoms with Gasteiger partial charge in [-0.05, 0) is 49.1 Å². The van der Waals surface area contributed by atoms with Crippen LogP contribution in [0.25, 0.3) is 10.8 Å². The molecule has 0 saturated carbocycles. The van der Waals surface area contributed by atoms with E-state index in [0.29, 0.717) is 23.4 Å². The number of likely N-dealkylation sites (N-methyl/N-ethyl adjacent to an activating group) is 1. The second-order valence-corrected chi connectivity index (χ2v) is 7.79. The minimum atomic E-state index is -0.761. The molecule has 164 valence electrons. The summed E-state index contributed by atoms with van der Waals surface area (Å²) in [6.07, 6.45) is 0. The summed E-state index contributed by atoms with van der Waals surface area (Å²) in [5.41, 5.74) is 1.94. The van der Waals surface area contributed by atoms with Crippen LogP contribution in [-0.4, -0.2) is 41.8 Å². The van der Waals surface area contributed by atoms with Crippen molar-refractivity contribution in [2.24, 2.45) is 0 Å². The number of halogens is 1. The Kier molecular flexibility index (Phi) is 5.90. The lowest BCUT2D eigenvalue weighted by Gasteiger charge is -2.30. The normalized spacial score (nSPS) is 13.3. The summed E-state index contributed by atoms with van der Waals surface area (Å²) in [7, 11) is 0. The van der Waals surface area contributed by atoms with Crippen molar-refractivity contribution in [1.29, 1.82) is 0 Å². The molecule has 7 heteroatoms. The van der Waals surface area contributed by atoms with Gasteiger partial charge in [0, 0.05) is 24.0 Å². The fraction of sp³-hybridized carbons (Fsp3) is 0.240. The van der Waals surface area contributed by atoms with Crippen molar-refractivity contribution in [3.63, 3.8) is 0 Å². The Hall–Kier alpha value is -3.74. The molecular weight excluding hydrogens is 409 g/mol. The van der Waals surface area contributed by atoms with Gasteiger partial charge in [-0.15, -0.1) is 0 Å². The molecule has 0 fully saturated rings. The highest BCUT2D eigenvalue weighted by Gasteiger charge is 2.34. The van der Waals surface area contributed by atoms with E-state index in [1.54, 1.807) is 32.0 Å². The number of anilines is 1. The molecule has 1 aliphatic rings. The monoisotopic (exact) mass is 433 g/mol.